The van der Waals surface area contributed by atoms with E-state index in [-0.39, 0.29) is 24.2 Å². The fourth-order valence-electron chi connectivity index (χ4n) is 2.89. The molecule has 0 radical (unpaired) electrons. The summed E-state index contributed by atoms with van der Waals surface area (Å²) in [5.74, 6) is 0.354. The molecule has 2 amide bonds. The van der Waals surface area contributed by atoms with Crippen molar-refractivity contribution in [3.05, 3.63) is 54.1 Å². The van der Waals surface area contributed by atoms with Gasteiger partial charge in [0.05, 0.1) is 5.92 Å². The molecule has 1 aliphatic heterocycles. The van der Waals surface area contributed by atoms with Gasteiger partial charge in [-0.3, -0.25) is 9.59 Å². The quantitative estimate of drug-likeness (QED) is 0.744. The Balaban J connectivity index is 1.45. The fourth-order valence-corrected chi connectivity index (χ4v) is 2.89. The number of nitrogens with zero attached hydrogens (tertiary/aromatic N) is 2. The Morgan fingerprint density at radius 1 is 1.11 bits per heavy atom. The van der Waals surface area contributed by atoms with Crippen LogP contribution in [0.25, 0.3) is 22.8 Å². The molecule has 3 aromatic rings. The number of benzene rings is 2. The Labute approximate surface area is 155 Å². The number of aromatic nitrogens is 2. The zero-order chi connectivity index (χ0) is 18.8. The van der Waals surface area contributed by atoms with Gasteiger partial charge in [0.15, 0.2) is 0 Å². The number of hydrogen-bond acceptors (Lipinski definition) is 5. The summed E-state index contributed by atoms with van der Waals surface area (Å²) in [5, 5.41) is 9.51. The van der Waals surface area contributed by atoms with Gasteiger partial charge in [-0.25, -0.2) is 0 Å². The second-order valence-corrected chi connectivity index (χ2v) is 6.56. The van der Waals surface area contributed by atoms with Crippen molar-refractivity contribution in [3.63, 3.8) is 0 Å². The van der Waals surface area contributed by atoms with Crippen molar-refractivity contribution in [2.75, 3.05) is 11.9 Å². The molecule has 4 rings (SSSR count). The monoisotopic (exact) mass is 362 g/mol. The summed E-state index contributed by atoms with van der Waals surface area (Å²) in [6, 6.07) is 15.0. The number of carbonyl (C=O) groups excluding carboxylic acids is 2. The van der Waals surface area contributed by atoms with E-state index < -0.39 is 0 Å². The van der Waals surface area contributed by atoms with E-state index in [0.717, 1.165) is 16.7 Å². The third-order valence-electron chi connectivity index (χ3n) is 4.48. The molecule has 0 bridgehead atoms. The maximum absolute atomic E-state index is 12.2. The fraction of sp³-hybridized carbons (Fsp3) is 0.200. The highest BCUT2D eigenvalue weighted by Gasteiger charge is 2.27. The highest BCUT2D eigenvalue weighted by atomic mass is 16.5. The van der Waals surface area contributed by atoms with Crippen molar-refractivity contribution in [1.29, 1.82) is 0 Å². The predicted octanol–water partition coefficient (Wildman–Crippen LogP) is 2.79. The van der Waals surface area contributed by atoms with Crippen molar-refractivity contribution in [2.24, 2.45) is 5.92 Å². The number of aryl methyl sites for hydroxylation is 1. The summed E-state index contributed by atoms with van der Waals surface area (Å²) >= 11 is 0. The molecule has 1 fully saturated rings. The van der Waals surface area contributed by atoms with Crippen LogP contribution in [0.1, 0.15) is 12.0 Å². The Morgan fingerprint density at radius 2 is 1.81 bits per heavy atom. The van der Waals surface area contributed by atoms with Crippen LogP contribution in [0.4, 0.5) is 5.69 Å². The van der Waals surface area contributed by atoms with Gasteiger partial charge in [0.25, 0.3) is 5.89 Å². The molecule has 27 heavy (non-hydrogen) atoms. The molecule has 0 saturated carbocycles. The van der Waals surface area contributed by atoms with Crippen LogP contribution < -0.4 is 10.6 Å². The Hall–Kier alpha value is -3.48. The first-order valence-electron chi connectivity index (χ1n) is 8.67. The van der Waals surface area contributed by atoms with E-state index in [2.05, 4.69) is 20.8 Å². The summed E-state index contributed by atoms with van der Waals surface area (Å²) in [6.07, 6.45) is 0.230. The molecule has 2 N–H and O–H groups in total. The minimum Gasteiger partial charge on any atom is -0.355 e. The topological polar surface area (TPSA) is 97.1 Å². The van der Waals surface area contributed by atoms with E-state index >= 15 is 0 Å². The van der Waals surface area contributed by atoms with Gasteiger partial charge in [-0.05, 0) is 31.2 Å². The van der Waals surface area contributed by atoms with Gasteiger partial charge in [0.2, 0.25) is 17.6 Å². The van der Waals surface area contributed by atoms with Crippen LogP contribution >= 0.6 is 0 Å². The van der Waals surface area contributed by atoms with Gasteiger partial charge in [-0.1, -0.05) is 35.0 Å². The normalized spacial score (nSPS) is 16.2. The van der Waals surface area contributed by atoms with Gasteiger partial charge >= 0.3 is 0 Å². The van der Waals surface area contributed by atoms with Crippen molar-refractivity contribution >= 4 is 17.5 Å². The second kappa shape index (κ2) is 7.03. The van der Waals surface area contributed by atoms with E-state index in [1.54, 1.807) is 24.3 Å². The van der Waals surface area contributed by atoms with Crippen LogP contribution in [0.5, 0.6) is 0 Å². The van der Waals surface area contributed by atoms with E-state index in [9.17, 15) is 9.59 Å². The van der Waals surface area contributed by atoms with Crippen LogP contribution in [0.3, 0.4) is 0 Å². The third-order valence-corrected chi connectivity index (χ3v) is 4.48. The first kappa shape index (κ1) is 17.0. The van der Waals surface area contributed by atoms with Crippen molar-refractivity contribution in [1.82, 2.24) is 15.5 Å². The molecule has 0 aliphatic carbocycles. The second-order valence-electron chi connectivity index (χ2n) is 6.56. The minimum atomic E-state index is -0.329. The molecule has 2 aromatic carbocycles. The van der Waals surface area contributed by atoms with Crippen LogP contribution in [0.15, 0.2) is 53.1 Å². The standard InChI is InChI=1S/C20H18N4O3/c1-12-2-4-13(5-3-12)18-23-20(27-24-18)14-6-8-16(9-7-14)22-19(26)15-10-17(25)21-11-15/h2-9,15H,10-11H2,1H3,(H,21,25)(H,22,26). The SMILES string of the molecule is Cc1ccc(-c2noc(-c3ccc(NC(=O)C4CNC(=O)C4)cc3)n2)cc1. The van der Waals surface area contributed by atoms with Crippen LogP contribution in [-0.2, 0) is 9.59 Å². The number of amides is 2. The number of carbonyl (C=O) groups is 2. The van der Waals surface area contributed by atoms with Crippen molar-refractivity contribution < 1.29 is 14.1 Å². The molecule has 7 nitrogen and oxygen atoms in total. The van der Waals surface area contributed by atoms with Crippen LogP contribution in [0, 0.1) is 12.8 Å². The van der Waals surface area contributed by atoms with E-state index in [1.165, 1.54) is 0 Å². The molecular formula is C20H18N4O3. The molecule has 0 spiro atoms. The molecule has 1 unspecified atom stereocenters. The van der Waals surface area contributed by atoms with Gasteiger partial charge in [0, 0.05) is 29.8 Å². The van der Waals surface area contributed by atoms with Gasteiger partial charge < -0.3 is 15.2 Å². The zero-order valence-electron chi connectivity index (χ0n) is 14.7. The average Bonchev–Trinajstić information content (AvgIpc) is 3.32. The Kier molecular flexibility index (Phi) is 4.42. The lowest BCUT2D eigenvalue weighted by molar-refractivity contribution is -0.123. The molecule has 1 aliphatic rings. The first-order valence-corrected chi connectivity index (χ1v) is 8.67. The highest BCUT2D eigenvalue weighted by Crippen LogP contribution is 2.24. The van der Waals surface area contributed by atoms with Crippen molar-refractivity contribution in [2.45, 2.75) is 13.3 Å². The average molecular weight is 362 g/mol. The maximum Gasteiger partial charge on any atom is 0.258 e. The molecule has 1 aromatic heterocycles. The summed E-state index contributed by atoms with van der Waals surface area (Å²) in [4.78, 5) is 27.8. The van der Waals surface area contributed by atoms with Crippen LogP contribution in [0.2, 0.25) is 0 Å². The Morgan fingerprint density at radius 3 is 2.48 bits per heavy atom. The summed E-state index contributed by atoms with van der Waals surface area (Å²) in [7, 11) is 0. The third kappa shape index (κ3) is 3.72. The van der Waals surface area contributed by atoms with Crippen molar-refractivity contribution in [3.8, 4) is 22.8 Å². The molecule has 136 valence electrons. The largest absolute Gasteiger partial charge is 0.355 e. The zero-order valence-corrected chi connectivity index (χ0v) is 14.7. The lowest BCUT2D eigenvalue weighted by atomic mass is 10.1. The van der Waals surface area contributed by atoms with E-state index in [1.807, 2.05) is 31.2 Å². The number of hydrogen-bond donors (Lipinski definition) is 2. The minimum absolute atomic E-state index is 0.0914. The smallest absolute Gasteiger partial charge is 0.258 e. The summed E-state index contributed by atoms with van der Waals surface area (Å²) in [5.41, 5.74) is 3.47. The van der Waals surface area contributed by atoms with Gasteiger partial charge in [-0.15, -0.1) is 0 Å². The Bertz CT molecular complexity index is 977. The van der Waals surface area contributed by atoms with Gasteiger partial charge in [0.1, 0.15) is 0 Å². The molecular weight excluding hydrogens is 344 g/mol. The maximum atomic E-state index is 12.2. The number of nitrogens with one attached hydrogen (secondary N) is 2. The molecule has 1 saturated heterocycles. The highest BCUT2D eigenvalue weighted by molar-refractivity contribution is 5.97. The number of anilines is 1. The molecule has 2 heterocycles. The number of rotatable bonds is 4. The van der Waals surface area contributed by atoms with Gasteiger partial charge in [-0.2, -0.15) is 4.98 Å². The lowest BCUT2D eigenvalue weighted by Gasteiger charge is -2.09. The molecule has 1 atom stereocenters. The van der Waals surface area contributed by atoms with E-state index in [4.69, 9.17) is 4.52 Å². The summed E-state index contributed by atoms with van der Waals surface area (Å²) in [6.45, 7) is 2.40. The lowest BCUT2D eigenvalue weighted by Crippen LogP contribution is -2.24. The van der Waals surface area contributed by atoms with E-state index in [0.29, 0.717) is 23.9 Å². The summed E-state index contributed by atoms with van der Waals surface area (Å²) < 4.78 is 5.36. The predicted molar refractivity (Wildman–Crippen MR) is 99.7 cm³/mol. The van der Waals surface area contributed by atoms with Crippen LogP contribution in [-0.4, -0.2) is 28.5 Å². The first-order chi connectivity index (χ1) is 13.1. The molecule has 7 heteroatoms.